The highest BCUT2D eigenvalue weighted by Gasteiger charge is 2.13. The van der Waals surface area contributed by atoms with Gasteiger partial charge in [-0.25, -0.2) is 0 Å². The monoisotopic (exact) mass is 225 g/mol. The van der Waals surface area contributed by atoms with Crippen LogP contribution < -0.4 is 0 Å². The van der Waals surface area contributed by atoms with Crippen LogP contribution in [-0.2, 0) is 13.1 Å². The summed E-state index contributed by atoms with van der Waals surface area (Å²) in [6, 6.07) is 0. The summed E-state index contributed by atoms with van der Waals surface area (Å²) >= 11 is 0. The molecule has 4 heteroatoms. The number of aromatic nitrogens is 2. The summed E-state index contributed by atoms with van der Waals surface area (Å²) in [5, 5.41) is 13.4. The predicted molar refractivity (Wildman–Crippen MR) is 65.4 cm³/mol. The molecule has 92 valence electrons. The minimum Gasteiger partial charge on any atom is -0.394 e. The van der Waals surface area contributed by atoms with Crippen LogP contribution in [0.4, 0.5) is 0 Å². The van der Waals surface area contributed by atoms with Gasteiger partial charge in [0.15, 0.2) is 0 Å². The average Bonchev–Trinajstić information content (AvgIpc) is 2.53. The van der Waals surface area contributed by atoms with Gasteiger partial charge in [-0.05, 0) is 26.9 Å². The molecule has 0 unspecified atom stereocenters. The number of rotatable bonds is 6. The SMILES string of the molecule is CCN(CC)Cc1c(C)nn(CCO)c1C. The Bertz CT molecular complexity index is 329. The smallest absolute Gasteiger partial charge is 0.0644 e. The zero-order valence-electron chi connectivity index (χ0n) is 10.8. The minimum absolute atomic E-state index is 0.146. The maximum Gasteiger partial charge on any atom is 0.0644 e. The van der Waals surface area contributed by atoms with Gasteiger partial charge in [0, 0.05) is 17.8 Å². The van der Waals surface area contributed by atoms with Gasteiger partial charge in [0.2, 0.25) is 0 Å². The van der Waals surface area contributed by atoms with Gasteiger partial charge in [-0.15, -0.1) is 0 Å². The number of hydrogen-bond donors (Lipinski definition) is 1. The molecule has 0 aromatic carbocycles. The minimum atomic E-state index is 0.146. The molecule has 0 saturated heterocycles. The summed E-state index contributed by atoms with van der Waals surface area (Å²) in [4.78, 5) is 2.38. The molecule has 0 bridgehead atoms. The topological polar surface area (TPSA) is 41.3 Å². The van der Waals surface area contributed by atoms with E-state index in [9.17, 15) is 0 Å². The van der Waals surface area contributed by atoms with Crippen LogP contribution in [0.2, 0.25) is 0 Å². The maximum absolute atomic E-state index is 8.95. The Morgan fingerprint density at radius 2 is 1.88 bits per heavy atom. The van der Waals surface area contributed by atoms with Crippen molar-refractivity contribution in [1.82, 2.24) is 14.7 Å². The van der Waals surface area contributed by atoms with Crippen LogP contribution in [0, 0.1) is 13.8 Å². The molecule has 1 N–H and O–H groups in total. The first-order valence-corrected chi connectivity index (χ1v) is 6.00. The molecule has 0 amide bonds. The standard InChI is InChI=1S/C12H23N3O/c1-5-14(6-2)9-12-10(3)13-15(7-8-16)11(12)4/h16H,5-9H2,1-4H3. The third kappa shape index (κ3) is 2.83. The predicted octanol–water partition coefficient (Wildman–Crippen LogP) is 1.33. The van der Waals surface area contributed by atoms with Gasteiger partial charge < -0.3 is 5.11 Å². The number of nitrogens with zero attached hydrogens (tertiary/aromatic N) is 3. The first kappa shape index (κ1) is 13.2. The molecular formula is C12H23N3O. The first-order chi connectivity index (χ1) is 7.63. The largest absolute Gasteiger partial charge is 0.394 e. The van der Waals surface area contributed by atoms with E-state index in [0.717, 1.165) is 25.3 Å². The van der Waals surface area contributed by atoms with Crippen LogP contribution in [0.15, 0.2) is 0 Å². The van der Waals surface area contributed by atoms with E-state index in [1.54, 1.807) is 0 Å². The van der Waals surface area contributed by atoms with E-state index >= 15 is 0 Å². The van der Waals surface area contributed by atoms with Gasteiger partial charge in [-0.3, -0.25) is 9.58 Å². The van der Waals surface area contributed by atoms with Gasteiger partial charge in [0.25, 0.3) is 0 Å². The van der Waals surface area contributed by atoms with Crippen LogP contribution >= 0.6 is 0 Å². The number of aliphatic hydroxyl groups excluding tert-OH is 1. The molecule has 0 aliphatic heterocycles. The quantitative estimate of drug-likeness (QED) is 0.794. The molecule has 0 atom stereocenters. The fourth-order valence-corrected chi connectivity index (χ4v) is 1.95. The molecule has 1 aromatic heterocycles. The van der Waals surface area contributed by atoms with Crippen LogP contribution in [0.3, 0.4) is 0 Å². The third-order valence-electron chi connectivity index (χ3n) is 3.12. The lowest BCUT2D eigenvalue weighted by molar-refractivity contribution is 0.267. The van der Waals surface area contributed by atoms with Gasteiger partial charge in [0.1, 0.15) is 0 Å². The first-order valence-electron chi connectivity index (χ1n) is 6.00. The highest BCUT2D eigenvalue weighted by molar-refractivity contribution is 5.24. The Morgan fingerprint density at radius 1 is 1.25 bits per heavy atom. The van der Waals surface area contributed by atoms with Gasteiger partial charge in [0.05, 0.1) is 18.8 Å². The normalized spacial score (nSPS) is 11.4. The summed E-state index contributed by atoms with van der Waals surface area (Å²) in [6.45, 7) is 12.3. The van der Waals surface area contributed by atoms with Crippen molar-refractivity contribution in [3.05, 3.63) is 17.0 Å². The Kier molecular flexibility index (Phi) is 4.96. The van der Waals surface area contributed by atoms with Crippen molar-refractivity contribution in [2.24, 2.45) is 0 Å². The van der Waals surface area contributed by atoms with Crippen LogP contribution in [0.5, 0.6) is 0 Å². The highest BCUT2D eigenvalue weighted by Crippen LogP contribution is 2.15. The van der Waals surface area contributed by atoms with Crippen LogP contribution in [0.25, 0.3) is 0 Å². The third-order valence-corrected chi connectivity index (χ3v) is 3.12. The zero-order valence-corrected chi connectivity index (χ0v) is 10.8. The van der Waals surface area contributed by atoms with Crippen molar-refractivity contribution in [2.75, 3.05) is 19.7 Å². The molecule has 0 radical (unpaired) electrons. The molecule has 16 heavy (non-hydrogen) atoms. The van der Waals surface area contributed by atoms with Crippen molar-refractivity contribution in [1.29, 1.82) is 0 Å². The van der Waals surface area contributed by atoms with E-state index in [2.05, 4.69) is 30.8 Å². The number of aryl methyl sites for hydroxylation is 1. The van der Waals surface area contributed by atoms with Gasteiger partial charge in [-0.1, -0.05) is 13.8 Å². The summed E-state index contributed by atoms with van der Waals surface area (Å²) in [5.74, 6) is 0. The summed E-state index contributed by atoms with van der Waals surface area (Å²) in [5.41, 5.74) is 3.56. The van der Waals surface area contributed by atoms with E-state index in [4.69, 9.17) is 5.11 Å². The van der Waals surface area contributed by atoms with Crippen molar-refractivity contribution >= 4 is 0 Å². The molecule has 0 saturated carbocycles. The molecular weight excluding hydrogens is 202 g/mol. The van der Waals surface area contributed by atoms with E-state index in [-0.39, 0.29) is 6.61 Å². The highest BCUT2D eigenvalue weighted by atomic mass is 16.3. The summed E-state index contributed by atoms with van der Waals surface area (Å²) in [7, 11) is 0. The van der Waals surface area contributed by atoms with Crippen molar-refractivity contribution in [3.63, 3.8) is 0 Å². The second-order valence-corrected chi connectivity index (χ2v) is 4.06. The Labute approximate surface area is 97.9 Å². The van der Waals surface area contributed by atoms with Crippen molar-refractivity contribution in [2.45, 2.75) is 40.8 Å². The van der Waals surface area contributed by atoms with E-state index in [0.29, 0.717) is 6.54 Å². The summed E-state index contributed by atoms with van der Waals surface area (Å²) in [6.07, 6.45) is 0. The second-order valence-electron chi connectivity index (χ2n) is 4.06. The van der Waals surface area contributed by atoms with E-state index in [1.165, 1.54) is 11.3 Å². The fraction of sp³-hybridized carbons (Fsp3) is 0.750. The molecule has 0 aliphatic carbocycles. The van der Waals surface area contributed by atoms with E-state index in [1.807, 2.05) is 11.6 Å². The average molecular weight is 225 g/mol. The molecule has 1 aromatic rings. The van der Waals surface area contributed by atoms with Crippen molar-refractivity contribution in [3.8, 4) is 0 Å². The molecule has 1 rings (SSSR count). The molecule has 1 heterocycles. The zero-order chi connectivity index (χ0) is 12.1. The summed E-state index contributed by atoms with van der Waals surface area (Å²) < 4.78 is 1.90. The van der Waals surface area contributed by atoms with Crippen molar-refractivity contribution < 1.29 is 5.11 Å². The lowest BCUT2D eigenvalue weighted by Gasteiger charge is -2.18. The van der Waals surface area contributed by atoms with Gasteiger partial charge >= 0.3 is 0 Å². The molecule has 0 spiro atoms. The van der Waals surface area contributed by atoms with Crippen LogP contribution in [0.1, 0.15) is 30.8 Å². The molecule has 0 aliphatic rings. The molecule has 0 fully saturated rings. The maximum atomic E-state index is 8.95. The Hall–Kier alpha value is -0.870. The fourth-order valence-electron chi connectivity index (χ4n) is 1.95. The lowest BCUT2D eigenvalue weighted by Crippen LogP contribution is -2.22. The van der Waals surface area contributed by atoms with Gasteiger partial charge in [-0.2, -0.15) is 5.10 Å². The molecule has 4 nitrogen and oxygen atoms in total. The Morgan fingerprint density at radius 3 is 2.38 bits per heavy atom. The van der Waals surface area contributed by atoms with Crippen LogP contribution in [-0.4, -0.2) is 39.5 Å². The lowest BCUT2D eigenvalue weighted by atomic mass is 10.2. The van der Waals surface area contributed by atoms with E-state index < -0.39 is 0 Å². The number of hydrogen-bond acceptors (Lipinski definition) is 3. The Balaban J connectivity index is 2.86. The second kappa shape index (κ2) is 6.01. The number of aliphatic hydroxyl groups is 1.